The van der Waals surface area contributed by atoms with Crippen LogP contribution in [0, 0.1) is 5.82 Å². The SMILES string of the molecule is CCc1cc(Nc2cc(Cl)cc(-c3cccc(O)c3)c2)ccc1/C=N/Nc1ncc(F)c(N2CCOCC2)n1. The van der Waals surface area contributed by atoms with E-state index >= 15 is 0 Å². The Bertz CT molecular complexity index is 1490. The molecule has 4 aromatic rings. The Balaban J connectivity index is 1.29. The molecule has 2 heterocycles. The highest BCUT2D eigenvalue weighted by atomic mass is 35.5. The fourth-order valence-corrected chi connectivity index (χ4v) is 4.60. The number of nitrogens with one attached hydrogen (secondary N) is 2. The molecular weight excluding hydrogens is 519 g/mol. The highest BCUT2D eigenvalue weighted by Crippen LogP contribution is 2.31. The van der Waals surface area contributed by atoms with Gasteiger partial charge in [-0.15, -0.1) is 0 Å². The summed E-state index contributed by atoms with van der Waals surface area (Å²) in [5, 5.41) is 18.1. The first kappa shape index (κ1) is 26.4. The zero-order chi connectivity index (χ0) is 27.2. The maximum atomic E-state index is 14.3. The van der Waals surface area contributed by atoms with Gasteiger partial charge in [0.2, 0.25) is 5.95 Å². The molecular formula is C29H28ClFN6O2. The van der Waals surface area contributed by atoms with E-state index in [-0.39, 0.29) is 17.5 Å². The Kier molecular flexibility index (Phi) is 8.19. The number of nitrogens with zero attached hydrogens (tertiary/aromatic N) is 4. The molecule has 3 N–H and O–H groups in total. The van der Waals surface area contributed by atoms with Crippen LogP contribution >= 0.6 is 11.6 Å². The lowest BCUT2D eigenvalue weighted by Crippen LogP contribution is -2.37. The molecule has 3 aromatic carbocycles. The van der Waals surface area contributed by atoms with Crippen LogP contribution in [0.15, 0.2) is 72.0 Å². The van der Waals surface area contributed by atoms with Crippen LogP contribution in [-0.2, 0) is 11.2 Å². The summed E-state index contributed by atoms with van der Waals surface area (Å²) >= 11 is 6.39. The summed E-state index contributed by atoms with van der Waals surface area (Å²) < 4.78 is 19.6. The number of aromatic hydroxyl groups is 1. The number of aromatic nitrogens is 2. The molecule has 1 fully saturated rings. The molecule has 0 radical (unpaired) electrons. The average Bonchev–Trinajstić information content (AvgIpc) is 2.94. The fourth-order valence-electron chi connectivity index (χ4n) is 4.36. The maximum absolute atomic E-state index is 14.3. The molecule has 0 saturated carbocycles. The van der Waals surface area contributed by atoms with Crippen molar-refractivity contribution in [2.24, 2.45) is 5.10 Å². The third-order valence-electron chi connectivity index (χ3n) is 6.29. The van der Waals surface area contributed by atoms with Crippen molar-refractivity contribution >= 4 is 41.0 Å². The van der Waals surface area contributed by atoms with E-state index in [0.29, 0.717) is 31.3 Å². The van der Waals surface area contributed by atoms with Gasteiger partial charge in [-0.25, -0.2) is 14.8 Å². The third-order valence-corrected chi connectivity index (χ3v) is 6.51. The minimum atomic E-state index is -0.475. The zero-order valence-corrected chi connectivity index (χ0v) is 22.1. The number of benzene rings is 3. The molecule has 1 saturated heterocycles. The molecule has 0 aliphatic carbocycles. The summed E-state index contributed by atoms with van der Waals surface area (Å²) in [5.74, 6) is 0.180. The number of ether oxygens (including phenoxy) is 1. The number of morpholine rings is 1. The third kappa shape index (κ3) is 6.63. The van der Waals surface area contributed by atoms with Crippen LogP contribution < -0.4 is 15.6 Å². The van der Waals surface area contributed by atoms with Gasteiger partial charge in [0.1, 0.15) is 5.75 Å². The van der Waals surface area contributed by atoms with E-state index in [2.05, 4.69) is 38.8 Å². The van der Waals surface area contributed by atoms with Crippen LogP contribution in [0.25, 0.3) is 11.1 Å². The lowest BCUT2D eigenvalue weighted by atomic mass is 10.0. The highest BCUT2D eigenvalue weighted by molar-refractivity contribution is 6.31. The van der Waals surface area contributed by atoms with Gasteiger partial charge in [-0.05, 0) is 71.1 Å². The van der Waals surface area contributed by atoms with Gasteiger partial charge >= 0.3 is 0 Å². The van der Waals surface area contributed by atoms with Gasteiger partial charge in [0.25, 0.3) is 0 Å². The molecule has 39 heavy (non-hydrogen) atoms. The summed E-state index contributed by atoms with van der Waals surface area (Å²) in [4.78, 5) is 10.1. The van der Waals surface area contributed by atoms with Crippen molar-refractivity contribution < 1.29 is 14.2 Å². The van der Waals surface area contributed by atoms with Crippen LogP contribution in [0.5, 0.6) is 5.75 Å². The fraction of sp³-hybridized carbons (Fsp3) is 0.207. The van der Waals surface area contributed by atoms with Crippen LogP contribution in [0.4, 0.5) is 27.5 Å². The molecule has 0 spiro atoms. The average molecular weight is 547 g/mol. The van der Waals surface area contributed by atoms with E-state index in [1.165, 1.54) is 0 Å². The minimum absolute atomic E-state index is 0.199. The Morgan fingerprint density at radius 2 is 1.92 bits per heavy atom. The normalized spacial score (nSPS) is 13.6. The number of rotatable bonds is 8. The second kappa shape index (κ2) is 12.1. The largest absolute Gasteiger partial charge is 0.508 e. The predicted octanol–water partition coefficient (Wildman–Crippen LogP) is 6.23. The second-order valence-electron chi connectivity index (χ2n) is 9.01. The topological polar surface area (TPSA) is 94.9 Å². The lowest BCUT2D eigenvalue weighted by Gasteiger charge is -2.27. The van der Waals surface area contributed by atoms with E-state index < -0.39 is 5.82 Å². The van der Waals surface area contributed by atoms with Gasteiger partial charge in [-0.1, -0.05) is 36.7 Å². The molecule has 1 aliphatic heterocycles. The zero-order valence-electron chi connectivity index (χ0n) is 21.4. The van der Waals surface area contributed by atoms with Gasteiger partial charge in [0, 0.05) is 29.5 Å². The first-order valence-corrected chi connectivity index (χ1v) is 13.0. The van der Waals surface area contributed by atoms with Crippen molar-refractivity contribution in [2.45, 2.75) is 13.3 Å². The van der Waals surface area contributed by atoms with Gasteiger partial charge < -0.3 is 20.1 Å². The molecule has 1 aromatic heterocycles. The highest BCUT2D eigenvalue weighted by Gasteiger charge is 2.17. The first-order chi connectivity index (χ1) is 19.0. The van der Waals surface area contributed by atoms with Crippen molar-refractivity contribution in [1.82, 2.24) is 9.97 Å². The molecule has 5 rings (SSSR count). The quantitative estimate of drug-likeness (QED) is 0.178. The maximum Gasteiger partial charge on any atom is 0.245 e. The van der Waals surface area contributed by atoms with Crippen molar-refractivity contribution in [2.75, 3.05) is 41.9 Å². The summed E-state index contributed by atoms with van der Waals surface area (Å²) in [5.41, 5.74) is 8.32. The number of hydrogen-bond donors (Lipinski definition) is 3. The first-order valence-electron chi connectivity index (χ1n) is 12.6. The van der Waals surface area contributed by atoms with Crippen LogP contribution in [0.1, 0.15) is 18.1 Å². The summed E-state index contributed by atoms with van der Waals surface area (Å²) in [6.07, 6.45) is 3.63. The summed E-state index contributed by atoms with van der Waals surface area (Å²) in [6, 6.07) is 18.7. The molecule has 1 aliphatic rings. The smallest absolute Gasteiger partial charge is 0.245 e. The number of aryl methyl sites for hydroxylation is 1. The Labute approximate surface area is 231 Å². The van der Waals surface area contributed by atoms with Crippen molar-refractivity contribution in [3.8, 4) is 16.9 Å². The lowest BCUT2D eigenvalue weighted by molar-refractivity contribution is 0.122. The summed E-state index contributed by atoms with van der Waals surface area (Å²) in [6.45, 7) is 4.28. The molecule has 0 unspecified atom stereocenters. The number of phenols is 1. The Morgan fingerprint density at radius 1 is 1.08 bits per heavy atom. The number of phenolic OH excluding ortho intramolecular Hbond substituents is 1. The van der Waals surface area contributed by atoms with E-state index in [1.54, 1.807) is 24.4 Å². The molecule has 200 valence electrons. The van der Waals surface area contributed by atoms with E-state index in [1.807, 2.05) is 41.3 Å². The minimum Gasteiger partial charge on any atom is -0.508 e. The molecule has 0 amide bonds. The van der Waals surface area contributed by atoms with Crippen LogP contribution in [0.2, 0.25) is 5.02 Å². The molecule has 0 bridgehead atoms. The van der Waals surface area contributed by atoms with E-state index in [0.717, 1.165) is 46.2 Å². The van der Waals surface area contributed by atoms with Gasteiger partial charge in [0.05, 0.1) is 25.6 Å². The monoisotopic (exact) mass is 546 g/mol. The van der Waals surface area contributed by atoms with Crippen molar-refractivity contribution in [1.29, 1.82) is 0 Å². The Hall–Kier alpha value is -4.21. The van der Waals surface area contributed by atoms with E-state index in [4.69, 9.17) is 16.3 Å². The Morgan fingerprint density at radius 3 is 2.72 bits per heavy atom. The molecule has 0 atom stereocenters. The number of hydrazone groups is 1. The standard InChI is InChI=1S/C29H28ClFN6O2/c1-2-19-13-24(34-25-14-22(12-23(30)16-25)20-4-3-5-26(38)15-20)7-6-21(19)17-33-36-29-32-18-27(31)28(35-29)37-8-10-39-11-9-37/h3-7,12-18,34,38H,2,8-11H2,1H3,(H,32,35,36)/b33-17+. The number of halogens is 2. The van der Waals surface area contributed by atoms with Gasteiger partial charge in [0.15, 0.2) is 11.6 Å². The van der Waals surface area contributed by atoms with Crippen molar-refractivity contribution in [3.63, 3.8) is 0 Å². The number of anilines is 4. The second-order valence-corrected chi connectivity index (χ2v) is 9.44. The van der Waals surface area contributed by atoms with Crippen LogP contribution in [0.3, 0.4) is 0 Å². The van der Waals surface area contributed by atoms with Crippen molar-refractivity contribution in [3.05, 3.63) is 88.8 Å². The number of hydrogen-bond acceptors (Lipinski definition) is 8. The summed E-state index contributed by atoms with van der Waals surface area (Å²) in [7, 11) is 0. The van der Waals surface area contributed by atoms with Gasteiger partial charge in [-0.3, -0.25) is 0 Å². The van der Waals surface area contributed by atoms with E-state index in [9.17, 15) is 9.50 Å². The van der Waals surface area contributed by atoms with Crippen LogP contribution in [-0.4, -0.2) is 47.6 Å². The molecule has 8 nitrogen and oxygen atoms in total. The van der Waals surface area contributed by atoms with Gasteiger partial charge in [-0.2, -0.15) is 10.1 Å². The molecule has 10 heteroatoms. The predicted molar refractivity (Wildman–Crippen MR) is 154 cm³/mol.